The van der Waals surface area contributed by atoms with Gasteiger partial charge in [-0.1, -0.05) is 13.3 Å². The summed E-state index contributed by atoms with van der Waals surface area (Å²) in [6, 6.07) is 0. The molecule has 62 valence electrons. The molecule has 0 saturated carbocycles. The average molecular weight is 156 g/mol. The first-order chi connectivity index (χ1) is 5.20. The third-order valence-electron chi connectivity index (χ3n) is 1.31. The molecule has 0 aliphatic carbocycles. The summed E-state index contributed by atoms with van der Waals surface area (Å²) in [6.45, 7) is 1.97. The zero-order chi connectivity index (χ0) is 8.69. The van der Waals surface area contributed by atoms with E-state index in [0.29, 0.717) is 6.42 Å². The number of unbranched alkanes of at least 4 members (excludes halogenated alkanes) is 1. The largest absolute Gasteiger partial charge is 0.299 e. The highest BCUT2D eigenvalue weighted by molar-refractivity contribution is 6.29. The Morgan fingerprint density at radius 2 is 2.00 bits per heavy atom. The standard InChI is InChI=1S/C8H12O3/c1-2-3-4-7(10)5-8(11)6-9/h6H,2-5H2,1H3. The summed E-state index contributed by atoms with van der Waals surface area (Å²) in [6.07, 6.45) is 2.12. The molecule has 0 aromatic rings. The second kappa shape index (κ2) is 5.77. The van der Waals surface area contributed by atoms with Crippen LogP contribution in [0.25, 0.3) is 0 Å². The summed E-state index contributed by atoms with van der Waals surface area (Å²) < 4.78 is 0. The lowest BCUT2D eigenvalue weighted by molar-refractivity contribution is -0.133. The Balaban J connectivity index is 3.52. The van der Waals surface area contributed by atoms with Gasteiger partial charge in [0, 0.05) is 6.42 Å². The third-order valence-corrected chi connectivity index (χ3v) is 1.31. The minimum atomic E-state index is -0.619. The lowest BCUT2D eigenvalue weighted by Gasteiger charge is -1.93. The molecular formula is C8H12O3. The summed E-state index contributed by atoms with van der Waals surface area (Å²) >= 11 is 0. The SMILES string of the molecule is CCCCC(=O)CC(=O)C=O. The van der Waals surface area contributed by atoms with Gasteiger partial charge in [-0.2, -0.15) is 0 Å². The van der Waals surface area contributed by atoms with Crippen molar-refractivity contribution in [1.82, 2.24) is 0 Å². The van der Waals surface area contributed by atoms with E-state index in [1.807, 2.05) is 6.92 Å². The highest BCUT2D eigenvalue weighted by Crippen LogP contribution is 1.97. The molecule has 0 aliphatic heterocycles. The number of rotatable bonds is 6. The molecule has 0 rings (SSSR count). The fraction of sp³-hybridized carbons (Fsp3) is 0.625. The number of carbonyl (C=O) groups excluding carboxylic acids is 3. The Morgan fingerprint density at radius 3 is 2.45 bits per heavy atom. The molecule has 0 unspecified atom stereocenters. The Labute approximate surface area is 65.8 Å². The van der Waals surface area contributed by atoms with Crippen LogP contribution in [-0.4, -0.2) is 17.9 Å². The first-order valence-electron chi connectivity index (χ1n) is 3.70. The number of Topliss-reactive ketones (excluding diaryl/α,β-unsaturated/α-hetero) is 2. The van der Waals surface area contributed by atoms with E-state index in [1.165, 1.54) is 0 Å². The first-order valence-corrected chi connectivity index (χ1v) is 3.70. The molecule has 0 amide bonds. The van der Waals surface area contributed by atoms with Crippen molar-refractivity contribution in [3.8, 4) is 0 Å². The maximum Gasteiger partial charge on any atom is 0.202 e. The van der Waals surface area contributed by atoms with Crippen molar-refractivity contribution in [2.24, 2.45) is 0 Å². The van der Waals surface area contributed by atoms with Crippen molar-refractivity contribution < 1.29 is 14.4 Å². The number of hydrogen-bond donors (Lipinski definition) is 0. The summed E-state index contributed by atoms with van der Waals surface area (Å²) in [5, 5.41) is 0. The molecule has 0 spiro atoms. The quantitative estimate of drug-likeness (QED) is 0.326. The fourth-order valence-corrected chi connectivity index (χ4v) is 0.698. The molecule has 0 aromatic heterocycles. The van der Waals surface area contributed by atoms with Gasteiger partial charge in [0.15, 0.2) is 6.29 Å². The van der Waals surface area contributed by atoms with Crippen LogP contribution in [-0.2, 0) is 14.4 Å². The summed E-state index contributed by atoms with van der Waals surface area (Å²) in [5.74, 6) is -0.755. The van der Waals surface area contributed by atoms with Gasteiger partial charge in [0.05, 0.1) is 6.42 Å². The number of carbonyl (C=O) groups is 3. The summed E-state index contributed by atoms with van der Waals surface area (Å²) in [5.41, 5.74) is 0. The lowest BCUT2D eigenvalue weighted by Crippen LogP contribution is -2.07. The topological polar surface area (TPSA) is 51.2 Å². The van der Waals surface area contributed by atoms with Gasteiger partial charge < -0.3 is 0 Å². The van der Waals surface area contributed by atoms with Crippen LogP contribution in [0.1, 0.15) is 32.6 Å². The molecule has 0 aliphatic rings. The smallest absolute Gasteiger partial charge is 0.202 e. The molecule has 0 atom stereocenters. The van der Waals surface area contributed by atoms with Crippen LogP contribution in [0.3, 0.4) is 0 Å². The summed E-state index contributed by atoms with van der Waals surface area (Å²) in [4.78, 5) is 31.0. The van der Waals surface area contributed by atoms with Crippen LogP contribution in [0.15, 0.2) is 0 Å². The van der Waals surface area contributed by atoms with Crippen molar-refractivity contribution in [1.29, 1.82) is 0 Å². The zero-order valence-corrected chi connectivity index (χ0v) is 6.63. The van der Waals surface area contributed by atoms with Crippen molar-refractivity contribution in [2.45, 2.75) is 32.6 Å². The molecule has 3 nitrogen and oxygen atoms in total. The minimum Gasteiger partial charge on any atom is -0.299 e. The van der Waals surface area contributed by atoms with Crippen LogP contribution in [0.5, 0.6) is 0 Å². The highest BCUT2D eigenvalue weighted by atomic mass is 16.2. The van der Waals surface area contributed by atoms with Crippen molar-refractivity contribution in [3.63, 3.8) is 0 Å². The van der Waals surface area contributed by atoms with Crippen molar-refractivity contribution in [2.75, 3.05) is 0 Å². The van der Waals surface area contributed by atoms with Crippen LogP contribution < -0.4 is 0 Å². The van der Waals surface area contributed by atoms with E-state index in [0.717, 1.165) is 12.8 Å². The van der Waals surface area contributed by atoms with Crippen LogP contribution in [0, 0.1) is 0 Å². The van der Waals surface area contributed by atoms with E-state index in [2.05, 4.69) is 0 Å². The second-order valence-electron chi connectivity index (χ2n) is 2.40. The first kappa shape index (κ1) is 10.0. The number of ketones is 2. The maximum absolute atomic E-state index is 10.8. The molecule has 11 heavy (non-hydrogen) atoms. The summed E-state index contributed by atoms with van der Waals surface area (Å²) in [7, 11) is 0. The van der Waals surface area contributed by atoms with Crippen LogP contribution in [0.4, 0.5) is 0 Å². The van der Waals surface area contributed by atoms with E-state index in [9.17, 15) is 14.4 Å². The molecule has 3 heteroatoms. The van der Waals surface area contributed by atoms with Crippen LogP contribution >= 0.6 is 0 Å². The molecule has 0 heterocycles. The Hall–Kier alpha value is -0.990. The van der Waals surface area contributed by atoms with Gasteiger partial charge in [-0.05, 0) is 6.42 Å². The molecule has 0 N–H and O–H groups in total. The zero-order valence-electron chi connectivity index (χ0n) is 6.63. The van der Waals surface area contributed by atoms with Gasteiger partial charge in [0.25, 0.3) is 0 Å². The van der Waals surface area contributed by atoms with E-state index in [-0.39, 0.29) is 18.5 Å². The normalized spacial score (nSPS) is 9.18. The maximum atomic E-state index is 10.8. The van der Waals surface area contributed by atoms with Crippen LogP contribution in [0.2, 0.25) is 0 Å². The van der Waals surface area contributed by atoms with Gasteiger partial charge in [-0.3, -0.25) is 14.4 Å². The predicted octanol–water partition coefficient (Wildman–Crippen LogP) is 0.904. The number of aldehydes is 1. The molecule has 0 saturated heterocycles. The molecule has 0 radical (unpaired) electrons. The Bertz CT molecular complexity index is 161. The molecule has 0 fully saturated rings. The minimum absolute atomic E-state index is 0.135. The average Bonchev–Trinajstić information content (AvgIpc) is 2.00. The van der Waals surface area contributed by atoms with Gasteiger partial charge >= 0.3 is 0 Å². The molecule has 0 aromatic carbocycles. The predicted molar refractivity (Wildman–Crippen MR) is 40.2 cm³/mol. The van der Waals surface area contributed by atoms with Gasteiger partial charge in [-0.25, -0.2) is 0 Å². The van der Waals surface area contributed by atoms with E-state index in [1.54, 1.807) is 0 Å². The fourth-order valence-electron chi connectivity index (χ4n) is 0.698. The monoisotopic (exact) mass is 156 g/mol. The van der Waals surface area contributed by atoms with Gasteiger partial charge in [0.1, 0.15) is 5.78 Å². The Morgan fingerprint density at radius 1 is 1.36 bits per heavy atom. The van der Waals surface area contributed by atoms with E-state index >= 15 is 0 Å². The van der Waals surface area contributed by atoms with Gasteiger partial charge in [0.2, 0.25) is 5.78 Å². The van der Waals surface area contributed by atoms with E-state index in [4.69, 9.17) is 0 Å². The number of hydrogen-bond acceptors (Lipinski definition) is 3. The Kier molecular flexibility index (Phi) is 5.25. The highest BCUT2D eigenvalue weighted by Gasteiger charge is 2.06. The third kappa shape index (κ3) is 5.45. The van der Waals surface area contributed by atoms with Gasteiger partial charge in [-0.15, -0.1) is 0 Å². The second-order valence-corrected chi connectivity index (χ2v) is 2.40. The van der Waals surface area contributed by atoms with Crippen molar-refractivity contribution in [3.05, 3.63) is 0 Å². The molecule has 0 bridgehead atoms. The lowest BCUT2D eigenvalue weighted by atomic mass is 10.1. The van der Waals surface area contributed by atoms with E-state index < -0.39 is 5.78 Å². The molecular weight excluding hydrogens is 144 g/mol. The van der Waals surface area contributed by atoms with Crippen molar-refractivity contribution >= 4 is 17.9 Å².